The zero-order valence-corrected chi connectivity index (χ0v) is 13.6. The van der Waals surface area contributed by atoms with Crippen LogP contribution < -0.4 is 5.32 Å². The quantitative estimate of drug-likeness (QED) is 0.849. The second-order valence-electron chi connectivity index (χ2n) is 4.67. The molecule has 0 spiro atoms. The van der Waals surface area contributed by atoms with E-state index in [0.29, 0.717) is 21.5 Å². The zero-order chi connectivity index (χ0) is 15.2. The summed E-state index contributed by atoms with van der Waals surface area (Å²) in [5, 5.41) is 12.8. The fourth-order valence-corrected chi connectivity index (χ4v) is 2.86. The molecule has 1 amide bonds. The number of hydrogen-bond acceptors (Lipinski definition) is 2. The lowest BCUT2D eigenvalue weighted by atomic mass is 10.1. The maximum Gasteiger partial charge on any atom is 0.252 e. The summed E-state index contributed by atoms with van der Waals surface area (Å²) >= 11 is 9.18. The van der Waals surface area contributed by atoms with Gasteiger partial charge in [-0.2, -0.15) is 0 Å². The summed E-state index contributed by atoms with van der Waals surface area (Å²) < 4.78 is 0.629. The molecule has 0 aliphatic rings. The highest BCUT2D eigenvalue weighted by Crippen LogP contribution is 2.21. The Balaban J connectivity index is 2.06. The predicted molar refractivity (Wildman–Crippen MR) is 87.6 cm³/mol. The molecule has 2 aromatic rings. The maximum absolute atomic E-state index is 12.2. The van der Waals surface area contributed by atoms with Crippen molar-refractivity contribution in [1.29, 1.82) is 0 Å². The van der Waals surface area contributed by atoms with Gasteiger partial charge in [0.25, 0.3) is 5.91 Å². The third-order valence-electron chi connectivity index (χ3n) is 3.06. The van der Waals surface area contributed by atoms with Gasteiger partial charge in [-0.15, -0.1) is 0 Å². The van der Waals surface area contributed by atoms with Gasteiger partial charge >= 0.3 is 0 Å². The summed E-state index contributed by atoms with van der Waals surface area (Å²) in [6.45, 7) is -0.119. The molecule has 1 unspecified atom stereocenters. The molecular weight excluding hydrogens is 354 g/mol. The van der Waals surface area contributed by atoms with Crippen LogP contribution in [0, 0.1) is 0 Å². The van der Waals surface area contributed by atoms with Crippen molar-refractivity contribution >= 4 is 33.4 Å². The van der Waals surface area contributed by atoms with Crippen LogP contribution in [0.15, 0.2) is 53.0 Å². The summed E-state index contributed by atoms with van der Waals surface area (Å²) in [5.74, 6) is -0.242. The Kier molecular flexibility index (Phi) is 5.79. The largest absolute Gasteiger partial charge is 0.394 e. The van der Waals surface area contributed by atoms with Gasteiger partial charge in [0.1, 0.15) is 0 Å². The Morgan fingerprint density at radius 2 is 1.95 bits per heavy atom. The molecule has 2 N–H and O–H groups in total. The first-order chi connectivity index (χ1) is 10.1. The summed E-state index contributed by atoms with van der Waals surface area (Å²) in [4.78, 5) is 12.2. The molecule has 0 aliphatic carbocycles. The maximum atomic E-state index is 12.2. The molecule has 0 aliphatic heterocycles. The van der Waals surface area contributed by atoms with Crippen LogP contribution in [-0.2, 0) is 6.42 Å². The zero-order valence-electron chi connectivity index (χ0n) is 11.2. The summed E-state index contributed by atoms with van der Waals surface area (Å²) in [5.41, 5.74) is 1.55. The number of aliphatic hydroxyl groups is 1. The van der Waals surface area contributed by atoms with E-state index < -0.39 is 0 Å². The van der Waals surface area contributed by atoms with Gasteiger partial charge in [0.2, 0.25) is 0 Å². The van der Waals surface area contributed by atoms with Crippen LogP contribution in [0.5, 0.6) is 0 Å². The number of aliphatic hydroxyl groups excluding tert-OH is 1. The highest BCUT2D eigenvalue weighted by atomic mass is 79.9. The molecule has 1 atom stereocenters. The van der Waals surface area contributed by atoms with E-state index in [2.05, 4.69) is 21.2 Å². The van der Waals surface area contributed by atoms with Crippen molar-refractivity contribution in [3.63, 3.8) is 0 Å². The number of carbonyl (C=O) groups is 1. The van der Waals surface area contributed by atoms with Crippen LogP contribution in [0.25, 0.3) is 0 Å². The van der Waals surface area contributed by atoms with Crippen LogP contribution in [0.4, 0.5) is 0 Å². The molecule has 0 bridgehead atoms. The predicted octanol–water partition coefficient (Wildman–Crippen LogP) is 3.44. The average Bonchev–Trinajstić information content (AvgIpc) is 2.47. The molecule has 0 saturated heterocycles. The monoisotopic (exact) mass is 367 g/mol. The lowest BCUT2D eigenvalue weighted by molar-refractivity contribution is 0.0915. The average molecular weight is 369 g/mol. The SMILES string of the molecule is O=C(NC(CO)Cc1ccccc1)c1ccc(Cl)cc1Br. The number of carbonyl (C=O) groups excluding carboxylic acids is 1. The number of hydrogen-bond donors (Lipinski definition) is 2. The minimum Gasteiger partial charge on any atom is -0.394 e. The summed E-state index contributed by atoms with van der Waals surface area (Å²) in [7, 11) is 0. The van der Waals surface area contributed by atoms with E-state index in [1.807, 2.05) is 30.3 Å². The Hall–Kier alpha value is -1.36. The van der Waals surface area contributed by atoms with E-state index in [9.17, 15) is 9.90 Å². The van der Waals surface area contributed by atoms with Gasteiger partial charge in [0.05, 0.1) is 18.2 Å². The van der Waals surface area contributed by atoms with Gasteiger partial charge in [-0.1, -0.05) is 41.9 Å². The molecule has 0 saturated carbocycles. The Bertz CT molecular complexity index is 619. The fourth-order valence-electron chi connectivity index (χ4n) is 2.00. The van der Waals surface area contributed by atoms with Gasteiger partial charge in [-0.05, 0) is 46.1 Å². The van der Waals surface area contributed by atoms with Gasteiger partial charge in [-0.3, -0.25) is 4.79 Å². The third-order valence-corrected chi connectivity index (χ3v) is 3.95. The smallest absolute Gasteiger partial charge is 0.252 e. The van der Waals surface area contributed by atoms with E-state index in [4.69, 9.17) is 11.6 Å². The molecule has 5 heteroatoms. The lowest BCUT2D eigenvalue weighted by Gasteiger charge is -2.17. The highest BCUT2D eigenvalue weighted by molar-refractivity contribution is 9.10. The van der Waals surface area contributed by atoms with Gasteiger partial charge < -0.3 is 10.4 Å². The second-order valence-corrected chi connectivity index (χ2v) is 5.96. The second kappa shape index (κ2) is 7.59. The van der Waals surface area contributed by atoms with Gasteiger partial charge in [-0.25, -0.2) is 0 Å². The third kappa shape index (κ3) is 4.56. The first-order valence-electron chi connectivity index (χ1n) is 6.51. The van der Waals surface area contributed by atoms with E-state index in [0.717, 1.165) is 5.56 Å². The van der Waals surface area contributed by atoms with Crippen LogP contribution >= 0.6 is 27.5 Å². The highest BCUT2D eigenvalue weighted by Gasteiger charge is 2.15. The van der Waals surface area contributed by atoms with Crippen molar-refractivity contribution in [3.8, 4) is 0 Å². The van der Waals surface area contributed by atoms with Gasteiger partial charge in [0.15, 0.2) is 0 Å². The standard InChI is InChI=1S/C16H15BrClNO2/c17-15-9-12(18)6-7-14(15)16(21)19-13(10-20)8-11-4-2-1-3-5-11/h1-7,9,13,20H,8,10H2,(H,19,21). The first kappa shape index (κ1) is 16.0. The topological polar surface area (TPSA) is 49.3 Å². The summed E-state index contributed by atoms with van der Waals surface area (Å²) in [6, 6.07) is 14.4. The number of nitrogens with one attached hydrogen (secondary N) is 1. The molecule has 21 heavy (non-hydrogen) atoms. The number of amides is 1. The molecule has 110 valence electrons. The summed E-state index contributed by atoms with van der Waals surface area (Å²) in [6.07, 6.45) is 0.578. The first-order valence-corrected chi connectivity index (χ1v) is 7.68. The van der Waals surface area contributed by atoms with Crippen molar-refractivity contribution in [1.82, 2.24) is 5.32 Å². The normalized spacial score (nSPS) is 12.0. The Labute approximate surface area is 137 Å². The number of rotatable bonds is 5. The van der Waals surface area contributed by atoms with Crippen LogP contribution in [0.3, 0.4) is 0 Å². The fraction of sp³-hybridized carbons (Fsp3) is 0.188. The molecule has 0 heterocycles. The molecule has 0 radical (unpaired) electrons. The molecule has 2 rings (SSSR count). The number of benzene rings is 2. The molecule has 2 aromatic carbocycles. The minimum atomic E-state index is -0.331. The Morgan fingerprint density at radius 3 is 2.57 bits per heavy atom. The van der Waals surface area contributed by atoms with Crippen molar-refractivity contribution < 1.29 is 9.90 Å². The lowest BCUT2D eigenvalue weighted by Crippen LogP contribution is -2.39. The van der Waals surface area contributed by atoms with Crippen molar-refractivity contribution in [3.05, 3.63) is 69.2 Å². The van der Waals surface area contributed by atoms with Crippen molar-refractivity contribution in [2.45, 2.75) is 12.5 Å². The molecule has 0 aromatic heterocycles. The van der Waals surface area contributed by atoms with Crippen molar-refractivity contribution in [2.75, 3.05) is 6.61 Å². The number of halogens is 2. The van der Waals surface area contributed by atoms with Crippen LogP contribution in [-0.4, -0.2) is 23.7 Å². The van der Waals surface area contributed by atoms with Crippen LogP contribution in [0.2, 0.25) is 5.02 Å². The van der Waals surface area contributed by atoms with Crippen molar-refractivity contribution in [2.24, 2.45) is 0 Å². The van der Waals surface area contributed by atoms with E-state index >= 15 is 0 Å². The van der Waals surface area contributed by atoms with E-state index in [1.54, 1.807) is 18.2 Å². The minimum absolute atomic E-state index is 0.119. The van der Waals surface area contributed by atoms with E-state index in [1.165, 1.54) is 0 Å². The molecular formula is C16H15BrClNO2. The van der Waals surface area contributed by atoms with Gasteiger partial charge in [0, 0.05) is 9.50 Å². The molecule has 0 fully saturated rings. The van der Waals surface area contributed by atoms with E-state index in [-0.39, 0.29) is 18.6 Å². The molecule has 3 nitrogen and oxygen atoms in total. The Morgan fingerprint density at radius 1 is 1.24 bits per heavy atom. The van der Waals surface area contributed by atoms with Crippen LogP contribution in [0.1, 0.15) is 15.9 Å².